The molecule has 26 heavy (non-hydrogen) atoms. The molecule has 0 bridgehead atoms. The second kappa shape index (κ2) is 5.46. The summed E-state index contributed by atoms with van der Waals surface area (Å²) < 4.78 is 0. The van der Waals surface area contributed by atoms with E-state index in [0.29, 0.717) is 6.04 Å². The second-order valence-electron chi connectivity index (χ2n) is 8.34. The van der Waals surface area contributed by atoms with Gasteiger partial charge in [0.25, 0.3) is 0 Å². The van der Waals surface area contributed by atoms with Gasteiger partial charge in [-0.25, -0.2) is 0 Å². The third kappa shape index (κ3) is 1.76. The predicted octanol–water partition coefficient (Wildman–Crippen LogP) is 4.20. The van der Waals surface area contributed by atoms with E-state index in [1.165, 1.54) is 11.1 Å². The Labute approximate surface area is 155 Å². The molecule has 0 radical (unpaired) electrons. The van der Waals surface area contributed by atoms with Crippen molar-refractivity contribution in [3.63, 3.8) is 0 Å². The van der Waals surface area contributed by atoms with E-state index in [2.05, 4.69) is 78.5 Å². The number of hydrogen-bond acceptors (Lipinski definition) is 2. The topological polar surface area (TPSA) is 23.5 Å². The van der Waals surface area contributed by atoms with Crippen molar-refractivity contribution in [3.8, 4) is 12.3 Å². The average Bonchev–Trinajstić information content (AvgIpc) is 3.19. The first-order valence-electron chi connectivity index (χ1n) is 9.66. The summed E-state index contributed by atoms with van der Waals surface area (Å²) in [5, 5.41) is 11.5. The Hall–Kier alpha value is -2.08. The molecule has 3 fully saturated rings. The molecule has 0 aromatic heterocycles. The van der Waals surface area contributed by atoms with Crippen LogP contribution < -0.4 is 0 Å². The summed E-state index contributed by atoms with van der Waals surface area (Å²) in [6.07, 6.45) is 9.27. The SMILES string of the molecule is C#C[C@@]1(O)[C@H]2[C@@H](c3ccccc3)N(C)[C@@H](c3ccccc3)[C@]23CCC[C@@H]13. The first kappa shape index (κ1) is 16.1. The Bertz CT molecular complexity index is 857. The summed E-state index contributed by atoms with van der Waals surface area (Å²) in [5.41, 5.74) is 1.70. The van der Waals surface area contributed by atoms with E-state index in [9.17, 15) is 5.11 Å². The van der Waals surface area contributed by atoms with Crippen molar-refractivity contribution in [3.05, 3.63) is 71.8 Å². The molecule has 132 valence electrons. The van der Waals surface area contributed by atoms with Gasteiger partial charge in [0, 0.05) is 29.3 Å². The van der Waals surface area contributed by atoms with Gasteiger partial charge in [0.1, 0.15) is 5.60 Å². The summed E-state index contributed by atoms with van der Waals surface area (Å²) >= 11 is 0. The first-order chi connectivity index (χ1) is 12.6. The molecule has 1 heterocycles. The molecule has 1 aliphatic heterocycles. The zero-order chi connectivity index (χ0) is 17.9. The zero-order valence-electron chi connectivity index (χ0n) is 15.2. The van der Waals surface area contributed by atoms with Crippen LogP contribution in [0, 0.1) is 29.6 Å². The fourth-order valence-corrected chi connectivity index (χ4v) is 6.84. The Kier molecular flexibility index (Phi) is 3.38. The standard InChI is InChI=1S/C24H25NO/c1-3-24(26)19-15-10-16-23(19)21(24)20(17-11-6-4-7-12-17)25(2)22(23)18-13-8-5-9-14-18/h1,4-9,11-14,19-22,26H,10,15-16H2,2H3/t19-,20-,21+,22+,23+,24+/m1/s1. The van der Waals surface area contributed by atoms with Crippen molar-refractivity contribution in [2.75, 3.05) is 7.05 Å². The molecule has 2 aromatic rings. The summed E-state index contributed by atoms with van der Waals surface area (Å²) in [5.74, 6) is 3.13. The normalized spacial score (nSPS) is 41.1. The van der Waals surface area contributed by atoms with Crippen molar-refractivity contribution in [1.29, 1.82) is 0 Å². The van der Waals surface area contributed by atoms with E-state index in [4.69, 9.17) is 6.42 Å². The lowest BCUT2D eigenvalue weighted by Gasteiger charge is -2.61. The minimum atomic E-state index is -0.991. The number of terminal acetylenes is 1. The Morgan fingerprint density at radius 2 is 1.65 bits per heavy atom. The molecule has 1 N–H and O–H groups in total. The van der Waals surface area contributed by atoms with Gasteiger partial charge in [-0.05, 0) is 31.0 Å². The van der Waals surface area contributed by atoms with Crippen molar-refractivity contribution in [1.82, 2.24) is 4.90 Å². The summed E-state index contributed by atoms with van der Waals surface area (Å²) in [4.78, 5) is 2.49. The van der Waals surface area contributed by atoms with E-state index in [-0.39, 0.29) is 23.3 Å². The number of benzene rings is 2. The molecule has 3 aliphatic rings. The second-order valence-corrected chi connectivity index (χ2v) is 8.34. The average molecular weight is 343 g/mol. The molecule has 2 aliphatic carbocycles. The lowest BCUT2D eigenvalue weighted by molar-refractivity contribution is -0.199. The van der Waals surface area contributed by atoms with Gasteiger partial charge >= 0.3 is 0 Å². The van der Waals surface area contributed by atoms with Gasteiger partial charge in [0.05, 0.1) is 0 Å². The largest absolute Gasteiger partial charge is 0.377 e. The Balaban J connectivity index is 1.71. The van der Waals surface area contributed by atoms with E-state index >= 15 is 0 Å². The molecule has 0 unspecified atom stereocenters. The minimum Gasteiger partial charge on any atom is -0.377 e. The van der Waals surface area contributed by atoms with Crippen molar-refractivity contribution in [2.45, 2.75) is 36.9 Å². The van der Waals surface area contributed by atoms with Crippen LogP contribution in [0.3, 0.4) is 0 Å². The van der Waals surface area contributed by atoms with Crippen molar-refractivity contribution < 1.29 is 5.11 Å². The third-order valence-electron chi connectivity index (χ3n) is 7.49. The first-order valence-corrected chi connectivity index (χ1v) is 9.66. The number of likely N-dealkylation sites (tertiary alicyclic amines) is 1. The highest BCUT2D eigenvalue weighted by molar-refractivity contribution is 5.42. The van der Waals surface area contributed by atoms with Gasteiger partial charge in [0.15, 0.2) is 0 Å². The monoisotopic (exact) mass is 343 g/mol. The predicted molar refractivity (Wildman–Crippen MR) is 103 cm³/mol. The van der Waals surface area contributed by atoms with Gasteiger partial charge in [-0.1, -0.05) is 73.0 Å². The van der Waals surface area contributed by atoms with Crippen LogP contribution in [0.15, 0.2) is 60.7 Å². The van der Waals surface area contributed by atoms with Gasteiger partial charge in [-0.3, -0.25) is 4.90 Å². The highest BCUT2D eigenvalue weighted by Crippen LogP contribution is 2.79. The van der Waals surface area contributed by atoms with Crippen LogP contribution in [0.25, 0.3) is 0 Å². The fraction of sp³-hybridized carbons (Fsp3) is 0.417. The van der Waals surface area contributed by atoms with E-state index < -0.39 is 5.60 Å². The van der Waals surface area contributed by atoms with Gasteiger partial charge < -0.3 is 5.11 Å². The number of rotatable bonds is 2. The third-order valence-corrected chi connectivity index (χ3v) is 7.49. The number of nitrogens with zero attached hydrogens (tertiary/aromatic N) is 1. The van der Waals surface area contributed by atoms with Crippen molar-refractivity contribution >= 4 is 0 Å². The maximum Gasteiger partial charge on any atom is 0.133 e. The summed E-state index contributed by atoms with van der Waals surface area (Å²) in [6, 6.07) is 21.9. The lowest BCUT2D eigenvalue weighted by Crippen LogP contribution is -2.66. The maximum atomic E-state index is 11.5. The molecule has 2 nitrogen and oxygen atoms in total. The zero-order valence-corrected chi connectivity index (χ0v) is 15.2. The molecule has 0 amide bonds. The molecule has 6 atom stereocenters. The van der Waals surface area contributed by atoms with Crippen LogP contribution in [-0.4, -0.2) is 22.7 Å². The van der Waals surface area contributed by atoms with Crippen LogP contribution in [0.4, 0.5) is 0 Å². The van der Waals surface area contributed by atoms with Gasteiger partial charge in [-0.15, -0.1) is 6.42 Å². The van der Waals surface area contributed by atoms with Crippen LogP contribution >= 0.6 is 0 Å². The highest BCUT2D eigenvalue weighted by atomic mass is 16.3. The quantitative estimate of drug-likeness (QED) is 0.826. The number of hydrogen-bond donors (Lipinski definition) is 1. The van der Waals surface area contributed by atoms with Gasteiger partial charge in [0.2, 0.25) is 0 Å². The molecule has 1 saturated heterocycles. The molecule has 2 aromatic carbocycles. The Morgan fingerprint density at radius 1 is 1.04 bits per heavy atom. The molecular weight excluding hydrogens is 318 g/mol. The molecular formula is C24H25NO. The van der Waals surface area contributed by atoms with Crippen molar-refractivity contribution in [2.24, 2.45) is 17.3 Å². The maximum absolute atomic E-state index is 11.5. The minimum absolute atomic E-state index is 0.0811. The van der Waals surface area contributed by atoms with Crippen LogP contribution in [0.5, 0.6) is 0 Å². The van der Waals surface area contributed by atoms with E-state index in [1.807, 2.05) is 0 Å². The van der Waals surface area contributed by atoms with E-state index in [0.717, 1.165) is 19.3 Å². The van der Waals surface area contributed by atoms with Crippen LogP contribution in [-0.2, 0) is 0 Å². The number of aliphatic hydroxyl groups is 1. The highest BCUT2D eigenvalue weighted by Gasteiger charge is 2.79. The Morgan fingerprint density at radius 3 is 2.27 bits per heavy atom. The van der Waals surface area contributed by atoms with Gasteiger partial charge in [-0.2, -0.15) is 0 Å². The van der Waals surface area contributed by atoms with E-state index in [1.54, 1.807) is 0 Å². The lowest BCUT2D eigenvalue weighted by atomic mass is 9.43. The fourth-order valence-electron chi connectivity index (χ4n) is 6.84. The van der Waals surface area contributed by atoms with Crippen LogP contribution in [0.2, 0.25) is 0 Å². The molecule has 5 rings (SSSR count). The van der Waals surface area contributed by atoms with Crippen LogP contribution in [0.1, 0.15) is 42.5 Å². The molecule has 2 heteroatoms. The summed E-state index contributed by atoms with van der Waals surface area (Å²) in [6.45, 7) is 0. The molecule has 2 saturated carbocycles. The summed E-state index contributed by atoms with van der Waals surface area (Å²) in [7, 11) is 2.22. The molecule has 1 spiro atoms. The smallest absolute Gasteiger partial charge is 0.133 e.